The van der Waals surface area contributed by atoms with Gasteiger partial charge in [-0.25, -0.2) is 0 Å². The molecule has 3 nitrogen and oxygen atoms in total. The molecule has 0 radical (unpaired) electrons. The summed E-state index contributed by atoms with van der Waals surface area (Å²) in [6.07, 6.45) is -4.44. The fourth-order valence-electron chi connectivity index (χ4n) is 1.26. The quantitative estimate of drug-likeness (QED) is 0.783. The van der Waals surface area contributed by atoms with Crippen LogP contribution in [0.1, 0.15) is 9.67 Å². The second kappa shape index (κ2) is 6.29. The number of hydrogen-bond acceptors (Lipinski definition) is 3. The molecule has 0 N–H and O–H groups in total. The van der Waals surface area contributed by atoms with Crippen molar-refractivity contribution >= 4 is 28.8 Å². The molecule has 8 heteroatoms. The lowest BCUT2D eigenvalue weighted by Crippen LogP contribution is -2.39. The lowest BCUT2D eigenvalue weighted by Gasteiger charge is -2.22. The minimum absolute atomic E-state index is 0.0513. The van der Waals surface area contributed by atoms with Crippen LogP contribution in [-0.4, -0.2) is 43.1 Å². The summed E-state index contributed by atoms with van der Waals surface area (Å²) < 4.78 is 41.8. The number of alkyl halides is 4. The van der Waals surface area contributed by atoms with E-state index in [0.717, 1.165) is 11.3 Å². The van der Waals surface area contributed by atoms with Crippen molar-refractivity contribution in [3.63, 3.8) is 0 Å². The fourth-order valence-corrected chi connectivity index (χ4v) is 2.29. The number of halogens is 4. The van der Waals surface area contributed by atoms with E-state index < -0.39 is 18.6 Å². The summed E-state index contributed by atoms with van der Waals surface area (Å²) in [5.74, 6) is -0.299. The van der Waals surface area contributed by atoms with Crippen molar-refractivity contribution in [2.75, 3.05) is 26.1 Å². The van der Waals surface area contributed by atoms with E-state index in [1.54, 1.807) is 5.38 Å². The predicted molar refractivity (Wildman–Crippen MR) is 63.5 cm³/mol. The zero-order valence-electron chi connectivity index (χ0n) is 9.46. The molecule has 0 aliphatic heterocycles. The van der Waals surface area contributed by atoms with Gasteiger partial charge in [-0.2, -0.15) is 13.2 Å². The molecule has 18 heavy (non-hydrogen) atoms. The van der Waals surface area contributed by atoms with Gasteiger partial charge in [0.15, 0.2) is 0 Å². The van der Waals surface area contributed by atoms with Crippen LogP contribution in [-0.2, 0) is 0 Å². The molecule has 0 bridgehead atoms. The average Bonchev–Trinajstić information content (AvgIpc) is 2.74. The van der Waals surface area contributed by atoms with Crippen LogP contribution in [0.25, 0.3) is 0 Å². The summed E-state index contributed by atoms with van der Waals surface area (Å²) in [4.78, 5) is 12.7. The molecule has 0 saturated carbocycles. The second-order valence-corrected chi connectivity index (χ2v) is 4.67. The molecule has 0 aliphatic rings. The Labute approximate surface area is 111 Å². The van der Waals surface area contributed by atoms with Gasteiger partial charge >= 0.3 is 6.18 Å². The van der Waals surface area contributed by atoms with Crippen molar-refractivity contribution in [3.8, 4) is 5.75 Å². The number of thiophene rings is 1. The van der Waals surface area contributed by atoms with Gasteiger partial charge in [-0.15, -0.1) is 22.9 Å². The van der Waals surface area contributed by atoms with Crippen molar-refractivity contribution < 1.29 is 22.7 Å². The molecule has 0 unspecified atom stereocenters. The molecule has 0 aromatic carbocycles. The Bertz CT molecular complexity index is 408. The molecule has 1 aromatic rings. The topological polar surface area (TPSA) is 29.5 Å². The standard InChI is InChI=1S/C10H11ClF3NO2S/c1-17-7-4-8(18-5-7)9(16)15(3-2-11)6-10(12,13)14/h4-5H,2-3,6H2,1H3. The number of amides is 1. The first-order valence-electron chi connectivity index (χ1n) is 4.92. The zero-order chi connectivity index (χ0) is 13.8. The molecule has 1 heterocycles. The summed E-state index contributed by atoms with van der Waals surface area (Å²) in [6.45, 7) is -1.46. The van der Waals surface area contributed by atoms with E-state index in [9.17, 15) is 18.0 Å². The van der Waals surface area contributed by atoms with Crippen LogP contribution in [0.3, 0.4) is 0 Å². The minimum Gasteiger partial charge on any atom is -0.496 e. The first-order chi connectivity index (χ1) is 8.37. The summed E-state index contributed by atoms with van der Waals surface area (Å²) in [7, 11) is 1.42. The molecule has 0 atom stereocenters. The maximum Gasteiger partial charge on any atom is 0.406 e. The summed E-state index contributed by atoms with van der Waals surface area (Å²) >= 11 is 6.44. The van der Waals surface area contributed by atoms with Crippen LogP contribution < -0.4 is 4.74 Å². The zero-order valence-corrected chi connectivity index (χ0v) is 11.0. The number of ether oxygens (including phenoxy) is 1. The monoisotopic (exact) mass is 301 g/mol. The third kappa shape index (κ3) is 4.38. The van der Waals surface area contributed by atoms with Gasteiger partial charge in [0.05, 0.1) is 12.0 Å². The summed E-state index contributed by atoms with van der Waals surface area (Å²) in [5, 5.41) is 1.56. The molecule has 0 aliphatic carbocycles. The summed E-state index contributed by atoms with van der Waals surface area (Å²) in [5.41, 5.74) is 0. The van der Waals surface area contributed by atoms with Gasteiger partial charge in [-0.1, -0.05) is 0 Å². The number of methoxy groups -OCH3 is 1. The Morgan fingerprint density at radius 3 is 2.67 bits per heavy atom. The van der Waals surface area contributed by atoms with Crippen molar-refractivity contribution in [1.29, 1.82) is 0 Å². The Morgan fingerprint density at radius 2 is 2.22 bits per heavy atom. The van der Waals surface area contributed by atoms with Crippen LogP contribution in [0.2, 0.25) is 0 Å². The Balaban J connectivity index is 2.81. The summed E-state index contributed by atoms with van der Waals surface area (Å²) in [6, 6.07) is 1.41. The second-order valence-electron chi connectivity index (χ2n) is 3.38. The van der Waals surface area contributed by atoms with Crippen molar-refractivity contribution in [2.24, 2.45) is 0 Å². The molecule has 0 fully saturated rings. The number of hydrogen-bond donors (Lipinski definition) is 0. The van der Waals surface area contributed by atoms with Crippen molar-refractivity contribution in [3.05, 3.63) is 16.3 Å². The largest absolute Gasteiger partial charge is 0.496 e. The van der Waals surface area contributed by atoms with Crippen LogP contribution in [0.15, 0.2) is 11.4 Å². The fraction of sp³-hybridized carbons (Fsp3) is 0.500. The number of rotatable bonds is 5. The normalized spacial score (nSPS) is 11.4. The van der Waals surface area contributed by atoms with Gasteiger partial charge in [0.2, 0.25) is 0 Å². The van der Waals surface area contributed by atoms with Gasteiger partial charge in [0.25, 0.3) is 5.91 Å². The Hall–Kier alpha value is -0.950. The molecule has 0 spiro atoms. The molecular weight excluding hydrogens is 291 g/mol. The predicted octanol–water partition coefficient (Wildman–Crippen LogP) is 3.00. The van der Waals surface area contributed by atoms with Crippen LogP contribution in [0, 0.1) is 0 Å². The lowest BCUT2D eigenvalue weighted by atomic mass is 10.3. The number of carbonyl (C=O) groups is 1. The highest BCUT2D eigenvalue weighted by Gasteiger charge is 2.33. The number of carbonyl (C=O) groups excluding carboxylic acids is 1. The highest BCUT2D eigenvalue weighted by Crippen LogP contribution is 2.24. The number of nitrogens with zero attached hydrogens (tertiary/aromatic N) is 1. The third-order valence-electron chi connectivity index (χ3n) is 2.03. The van der Waals surface area contributed by atoms with E-state index in [4.69, 9.17) is 16.3 Å². The van der Waals surface area contributed by atoms with E-state index in [1.807, 2.05) is 0 Å². The van der Waals surface area contributed by atoms with E-state index in [1.165, 1.54) is 13.2 Å². The van der Waals surface area contributed by atoms with E-state index in [0.29, 0.717) is 10.6 Å². The van der Waals surface area contributed by atoms with E-state index in [-0.39, 0.29) is 17.3 Å². The molecule has 1 rings (SSSR count). The molecule has 102 valence electrons. The Morgan fingerprint density at radius 1 is 1.56 bits per heavy atom. The smallest absolute Gasteiger partial charge is 0.406 e. The van der Waals surface area contributed by atoms with Crippen molar-refractivity contribution in [2.45, 2.75) is 6.18 Å². The minimum atomic E-state index is -4.44. The maximum absolute atomic E-state index is 12.3. The molecule has 0 saturated heterocycles. The van der Waals surface area contributed by atoms with Gasteiger partial charge in [0, 0.05) is 23.9 Å². The molecule has 1 aromatic heterocycles. The van der Waals surface area contributed by atoms with Gasteiger partial charge < -0.3 is 9.64 Å². The van der Waals surface area contributed by atoms with Crippen LogP contribution >= 0.6 is 22.9 Å². The van der Waals surface area contributed by atoms with Crippen LogP contribution in [0.4, 0.5) is 13.2 Å². The van der Waals surface area contributed by atoms with Crippen LogP contribution in [0.5, 0.6) is 5.75 Å². The first-order valence-corrected chi connectivity index (χ1v) is 6.33. The first kappa shape index (κ1) is 15.1. The maximum atomic E-state index is 12.3. The lowest BCUT2D eigenvalue weighted by molar-refractivity contribution is -0.140. The van der Waals surface area contributed by atoms with Gasteiger partial charge in [0.1, 0.15) is 12.3 Å². The average molecular weight is 302 g/mol. The molecular formula is C10H11ClF3NO2S. The highest BCUT2D eigenvalue weighted by molar-refractivity contribution is 7.12. The van der Waals surface area contributed by atoms with E-state index in [2.05, 4.69) is 0 Å². The van der Waals surface area contributed by atoms with Gasteiger partial charge in [-0.05, 0) is 0 Å². The highest BCUT2D eigenvalue weighted by atomic mass is 35.5. The van der Waals surface area contributed by atoms with E-state index >= 15 is 0 Å². The SMILES string of the molecule is COc1csc(C(=O)N(CCCl)CC(F)(F)F)c1. The van der Waals surface area contributed by atoms with Gasteiger partial charge in [-0.3, -0.25) is 4.79 Å². The third-order valence-corrected chi connectivity index (χ3v) is 3.10. The van der Waals surface area contributed by atoms with Crippen molar-refractivity contribution in [1.82, 2.24) is 4.90 Å². The Kier molecular flexibility index (Phi) is 5.28. The molecule has 1 amide bonds.